The van der Waals surface area contributed by atoms with E-state index in [0.29, 0.717) is 12.3 Å². The number of nitrogens with one attached hydrogen (secondary N) is 2. The van der Waals surface area contributed by atoms with Crippen LogP contribution >= 0.6 is 11.8 Å². The van der Waals surface area contributed by atoms with E-state index in [9.17, 15) is 0 Å². The molecule has 23 heavy (non-hydrogen) atoms. The van der Waals surface area contributed by atoms with Crippen molar-refractivity contribution in [3.05, 3.63) is 42.2 Å². The minimum atomic E-state index is 0.656. The standard InChI is InChI=1S/C17H18N4OS/c18-17(21-5-7-22-8-6-21)10-12-1-2-15-14(9-12)20-13-3-4-19-11-16(13)23-15/h1-4,9,11,18,20H,5-8,10H2. The molecule has 1 aromatic heterocycles. The van der Waals surface area contributed by atoms with Crippen LogP contribution in [0.3, 0.4) is 0 Å². The number of fused-ring (bicyclic) bond motifs is 2. The second kappa shape index (κ2) is 6.22. The Hall–Kier alpha value is -2.05. The monoisotopic (exact) mass is 326 g/mol. The van der Waals surface area contributed by atoms with Crippen LogP contribution < -0.4 is 5.32 Å². The van der Waals surface area contributed by atoms with Gasteiger partial charge in [-0.15, -0.1) is 0 Å². The van der Waals surface area contributed by atoms with Gasteiger partial charge >= 0.3 is 0 Å². The molecular weight excluding hydrogens is 308 g/mol. The van der Waals surface area contributed by atoms with Crippen LogP contribution in [0.2, 0.25) is 0 Å². The molecule has 0 atom stereocenters. The van der Waals surface area contributed by atoms with Crippen LogP contribution in [0.15, 0.2) is 46.5 Å². The molecule has 2 aliphatic rings. The summed E-state index contributed by atoms with van der Waals surface area (Å²) in [6.45, 7) is 3.07. The van der Waals surface area contributed by atoms with Crippen molar-refractivity contribution in [2.75, 3.05) is 31.6 Å². The number of morpholine rings is 1. The second-order valence-corrected chi connectivity index (χ2v) is 6.74. The highest BCUT2D eigenvalue weighted by atomic mass is 32.2. The van der Waals surface area contributed by atoms with Gasteiger partial charge in [0.15, 0.2) is 0 Å². The predicted octanol–water partition coefficient (Wildman–Crippen LogP) is 3.14. The Labute approximate surface area is 139 Å². The van der Waals surface area contributed by atoms with Crippen LogP contribution in [0, 0.1) is 5.41 Å². The predicted molar refractivity (Wildman–Crippen MR) is 91.9 cm³/mol. The lowest BCUT2D eigenvalue weighted by molar-refractivity contribution is 0.0670. The number of pyridine rings is 1. The van der Waals surface area contributed by atoms with Crippen LogP contribution in [0.25, 0.3) is 0 Å². The summed E-state index contributed by atoms with van der Waals surface area (Å²) < 4.78 is 5.35. The van der Waals surface area contributed by atoms with Gasteiger partial charge in [0.2, 0.25) is 0 Å². The molecule has 3 heterocycles. The first-order valence-electron chi connectivity index (χ1n) is 7.71. The molecule has 118 valence electrons. The van der Waals surface area contributed by atoms with Gasteiger partial charge in [0, 0.05) is 36.8 Å². The zero-order valence-electron chi connectivity index (χ0n) is 12.7. The van der Waals surface area contributed by atoms with E-state index in [1.165, 1.54) is 4.90 Å². The maximum Gasteiger partial charge on any atom is 0.100 e. The average molecular weight is 326 g/mol. The van der Waals surface area contributed by atoms with Crippen molar-refractivity contribution in [1.29, 1.82) is 5.41 Å². The van der Waals surface area contributed by atoms with Crippen LogP contribution in [-0.2, 0) is 11.2 Å². The Morgan fingerprint density at radius 1 is 1.22 bits per heavy atom. The van der Waals surface area contributed by atoms with Gasteiger partial charge < -0.3 is 15.0 Å². The number of rotatable bonds is 2. The van der Waals surface area contributed by atoms with Gasteiger partial charge in [-0.25, -0.2) is 0 Å². The van der Waals surface area contributed by atoms with E-state index < -0.39 is 0 Å². The molecule has 5 nitrogen and oxygen atoms in total. The molecule has 1 saturated heterocycles. The van der Waals surface area contributed by atoms with Crippen LogP contribution in [0.4, 0.5) is 11.4 Å². The molecule has 0 aliphatic carbocycles. The molecule has 2 aliphatic heterocycles. The number of hydrogen-bond acceptors (Lipinski definition) is 5. The third-order valence-corrected chi connectivity index (χ3v) is 5.20. The summed E-state index contributed by atoms with van der Waals surface area (Å²) in [5, 5.41) is 11.8. The third-order valence-electron chi connectivity index (χ3n) is 4.08. The summed E-state index contributed by atoms with van der Waals surface area (Å²) in [4.78, 5) is 8.63. The number of anilines is 2. The highest BCUT2D eigenvalue weighted by molar-refractivity contribution is 7.99. The first kappa shape index (κ1) is 14.5. The van der Waals surface area contributed by atoms with E-state index in [2.05, 4.69) is 33.4 Å². The summed E-state index contributed by atoms with van der Waals surface area (Å²) >= 11 is 1.73. The van der Waals surface area contributed by atoms with Crippen molar-refractivity contribution >= 4 is 29.0 Å². The molecule has 6 heteroatoms. The highest BCUT2D eigenvalue weighted by Gasteiger charge is 2.18. The quantitative estimate of drug-likeness (QED) is 0.559. The molecule has 0 unspecified atom stereocenters. The fourth-order valence-electron chi connectivity index (χ4n) is 2.84. The number of amidine groups is 1. The van der Waals surface area contributed by atoms with Crippen LogP contribution in [0.5, 0.6) is 0 Å². The lowest BCUT2D eigenvalue weighted by atomic mass is 10.1. The van der Waals surface area contributed by atoms with Crippen molar-refractivity contribution < 1.29 is 4.74 Å². The van der Waals surface area contributed by atoms with Gasteiger partial charge in [-0.1, -0.05) is 17.8 Å². The smallest absolute Gasteiger partial charge is 0.100 e. The van der Waals surface area contributed by atoms with E-state index in [0.717, 1.165) is 48.1 Å². The Balaban J connectivity index is 1.51. The van der Waals surface area contributed by atoms with Crippen LogP contribution in [-0.4, -0.2) is 42.0 Å². The molecule has 4 rings (SSSR count). The Morgan fingerprint density at radius 3 is 2.96 bits per heavy atom. The molecule has 2 aromatic rings. The Morgan fingerprint density at radius 2 is 2.09 bits per heavy atom. The van der Waals surface area contributed by atoms with Crippen molar-refractivity contribution in [3.8, 4) is 0 Å². The van der Waals surface area contributed by atoms with E-state index in [4.69, 9.17) is 10.1 Å². The lowest BCUT2D eigenvalue weighted by Crippen LogP contribution is -2.41. The van der Waals surface area contributed by atoms with Gasteiger partial charge in [0.1, 0.15) is 5.84 Å². The average Bonchev–Trinajstić information content (AvgIpc) is 2.60. The molecule has 0 amide bonds. The maximum absolute atomic E-state index is 8.31. The molecule has 1 fully saturated rings. The number of nitrogens with zero attached hydrogens (tertiary/aromatic N) is 2. The number of ether oxygens (including phenoxy) is 1. The minimum absolute atomic E-state index is 0.656. The normalized spacial score (nSPS) is 16.3. The van der Waals surface area contributed by atoms with E-state index in [-0.39, 0.29) is 0 Å². The topological polar surface area (TPSA) is 61.2 Å². The van der Waals surface area contributed by atoms with Crippen molar-refractivity contribution in [3.63, 3.8) is 0 Å². The summed E-state index contributed by atoms with van der Waals surface area (Å²) in [6.07, 6.45) is 4.34. The molecule has 0 bridgehead atoms. The fraction of sp³-hybridized carbons (Fsp3) is 0.294. The molecule has 2 N–H and O–H groups in total. The van der Waals surface area contributed by atoms with Gasteiger partial charge in [0.05, 0.1) is 29.5 Å². The maximum atomic E-state index is 8.31. The van der Waals surface area contributed by atoms with Gasteiger partial charge in [0.25, 0.3) is 0 Å². The van der Waals surface area contributed by atoms with Crippen LogP contribution in [0.1, 0.15) is 5.56 Å². The van der Waals surface area contributed by atoms with Crippen molar-refractivity contribution in [2.24, 2.45) is 0 Å². The van der Waals surface area contributed by atoms with E-state index in [1.54, 1.807) is 18.0 Å². The van der Waals surface area contributed by atoms with Crippen molar-refractivity contribution in [2.45, 2.75) is 16.2 Å². The van der Waals surface area contributed by atoms with E-state index >= 15 is 0 Å². The SMILES string of the molecule is N=C(Cc1ccc2c(c1)Nc1ccncc1S2)N1CCOCC1. The lowest BCUT2D eigenvalue weighted by Gasteiger charge is -2.29. The summed E-state index contributed by atoms with van der Waals surface area (Å²) in [5.74, 6) is 0.668. The van der Waals surface area contributed by atoms with Gasteiger partial charge in [-0.2, -0.15) is 0 Å². The summed E-state index contributed by atoms with van der Waals surface area (Å²) in [7, 11) is 0. The molecule has 0 radical (unpaired) electrons. The molecule has 1 aromatic carbocycles. The molecular formula is C17H18N4OS. The summed E-state index contributed by atoms with van der Waals surface area (Å²) in [6, 6.07) is 8.39. The zero-order valence-corrected chi connectivity index (χ0v) is 13.5. The number of benzene rings is 1. The van der Waals surface area contributed by atoms with Gasteiger partial charge in [-0.3, -0.25) is 10.4 Å². The van der Waals surface area contributed by atoms with E-state index in [1.807, 2.05) is 12.3 Å². The second-order valence-electron chi connectivity index (χ2n) is 5.65. The third kappa shape index (κ3) is 3.04. The Kier molecular flexibility index (Phi) is 3.93. The number of aromatic nitrogens is 1. The fourth-order valence-corrected chi connectivity index (χ4v) is 3.78. The largest absolute Gasteiger partial charge is 0.378 e. The molecule has 0 saturated carbocycles. The summed E-state index contributed by atoms with van der Waals surface area (Å²) in [5.41, 5.74) is 3.37. The first-order valence-corrected chi connectivity index (χ1v) is 8.53. The first-order chi connectivity index (χ1) is 11.3. The highest BCUT2D eigenvalue weighted by Crippen LogP contribution is 2.43. The van der Waals surface area contributed by atoms with Crippen molar-refractivity contribution in [1.82, 2.24) is 9.88 Å². The zero-order chi connectivity index (χ0) is 15.6. The minimum Gasteiger partial charge on any atom is -0.378 e. The number of hydrogen-bond donors (Lipinski definition) is 2. The molecule has 0 spiro atoms. The Bertz CT molecular complexity index is 743. The van der Waals surface area contributed by atoms with Gasteiger partial charge in [-0.05, 0) is 23.8 Å².